The summed E-state index contributed by atoms with van der Waals surface area (Å²) in [4.78, 5) is 13.7. The topological polar surface area (TPSA) is 38.8 Å². The zero-order chi connectivity index (χ0) is 13.2. The number of likely N-dealkylation sites (tertiary alicyclic amines) is 1. The zero-order valence-electron chi connectivity index (χ0n) is 11.8. The van der Waals surface area contributed by atoms with Crippen LogP contribution >= 0.6 is 0 Å². The third-order valence-electron chi connectivity index (χ3n) is 3.64. The summed E-state index contributed by atoms with van der Waals surface area (Å²) in [6.45, 7) is 9.29. The average molecular weight is 255 g/mol. The molecule has 2 aliphatic heterocycles. The molecule has 2 fully saturated rings. The van der Waals surface area contributed by atoms with Crippen LogP contribution in [0.3, 0.4) is 0 Å². The standard InChI is InChI=1S/C14H25NO3/c1-14(2,3)18-13(16)15-6-4-11(5-7-15)8-12-9-17-10-12/h11-12H,4-10H2,1-3H3. The molecule has 4 nitrogen and oxygen atoms in total. The number of ether oxygens (including phenoxy) is 2. The van der Waals surface area contributed by atoms with Crippen LogP contribution < -0.4 is 0 Å². The van der Waals surface area contributed by atoms with Gasteiger partial charge in [-0.15, -0.1) is 0 Å². The predicted molar refractivity (Wildman–Crippen MR) is 69.5 cm³/mol. The fourth-order valence-corrected chi connectivity index (χ4v) is 2.57. The summed E-state index contributed by atoms with van der Waals surface area (Å²) in [7, 11) is 0. The van der Waals surface area contributed by atoms with Gasteiger partial charge in [0.1, 0.15) is 5.60 Å². The molecule has 2 heterocycles. The van der Waals surface area contributed by atoms with E-state index in [-0.39, 0.29) is 6.09 Å². The molecule has 0 aromatic rings. The Hall–Kier alpha value is -0.770. The average Bonchev–Trinajstić information content (AvgIpc) is 2.22. The number of hydrogen-bond donors (Lipinski definition) is 0. The number of piperidine rings is 1. The van der Waals surface area contributed by atoms with E-state index in [2.05, 4.69) is 0 Å². The number of carbonyl (C=O) groups is 1. The van der Waals surface area contributed by atoms with Gasteiger partial charge in [0.05, 0.1) is 13.2 Å². The lowest BCUT2D eigenvalue weighted by atomic mass is 9.86. The van der Waals surface area contributed by atoms with Gasteiger partial charge in [-0.3, -0.25) is 0 Å². The van der Waals surface area contributed by atoms with Gasteiger partial charge in [-0.2, -0.15) is 0 Å². The SMILES string of the molecule is CC(C)(C)OC(=O)N1CCC(CC2COC2)CC1. The first-order chi connectivity index (χ1) is 8.44. The summed E-state index contributed by atoms with van der Waals surface area (Å²) in [5, 5.41) is 0. The molecule has 4 heteroatoms. The van der Waals surface area contributed by atoms with Crippen molar-refractivity contribution in [2.75, 3.05) is 26.3 Å². The van der Waals surface area contributed by atoms with Crippen LogP contribution in [0, 0.1) is 11.8 Å². The quantitative estimate of drug-likeness (QED) is 0.761. The van der Waals surface area contributed by atoms with Gasteiger partial charge in [-0.25, -0.2) is 4.79 Å². The third-order valence-corrected chi connectivity index (χ3v) is 3.64. The second kappa shape index (κ2) is 5.47. The molecule has 2 aliphatic rings. The molecule has 0 radical (unpaired) electrons. The number of rotatable bonds is 2. The lowest BCUT2D eigenvalue weighted by Crippen LogP contribution is -2.42. The van der Waals surface area contributed by atoms with Crippen molar-refractivity contribution in [3.8, 4) is 0 Å². The normalized spacial score (nSPS) is 22.7. The molecule has 0 N–H and O–H groups in total. The van der Waals surface area contributed by atoms with Gasteiger partial charge < -0.3 is 14.4 Å². The summed E-state index contributed by atoms with van der Waals surface area (Å²) in [5.41, 5.74) is -0.392. The van der Waals surface area contributed by atoms with Crippen LogP contribution in [-0.4, -0.2) is 42.9 Å². The minimum Gasteiger partial charge on any atom is -0.444 e. The summed E-state index contributed by atoms with van der Waals surface area (Å²) in [5.74, 6) is 1.53. The van der Waals surface area contributed by atoms with E-state index in [1.54, 1.807) is 0 Å². The second-order valence-corrected chi connectivity index (χ2v) is 6.55. The Balaban J connectivity index is 1.70. The Bertz CT molecular complexity index is 286. The first-order valence-electron chi connectivity index (χ1n) is 7.00. The van der Waals surface area contributed by atoms with Crippen LogP contribution in [0.2, 0.25) is 0 Å². The van der Waals surface area contributed by atoms with Crippen LogP contribution in [-0.2, 0) is 9.47 Å². The van der Waals surface area contributed by atoms with Crippen molar-refractivity contribution in [2.45, 2.75) is 45.6 Å². The molecule has 0 bridgehead atoms. The van der Waals surface area contributed by atoms with Gasteiger partial charge in [0.25, 0.3) is 0 Å². The van der Waals surface area contributed by atoms with Gasteiger partial charge >= 0.3 is 6.09 Å². The van der Waals surface area contributed by atoms with E-state index in [9.17, 15) is 4.79 Å². The van der Waals surface area contributed by atoms with Crippen molar-refractivity contribution in [2.24, 2.45) is 11.8 Å². The van der Waals surface area contributed by atoms with Gasteiger partial charge in [0, 0.05) is 19.0 Å². The molecule has 1 amide bonds. The predicted octanol–water partition coefficient (Wildman–Crippen LogP) is 2.67. The molecule has 0 aromatic carbocycles. The van der Waals surface area contributed by atoms with E-state index in [1.807, 2.05) is 25.7 Å². The summed E-state index contributed by atoms with van der Waals surface area (Å²) < 4.78 is 10.6. The molecule has 2 rings (SSSR count). The Morgan fingerprint density at radius 1 is 1.22 bits per heavy atom. The van der Waals surface area contributed by atoms with Crippen molar-refractivity contribution in [3.63, 3.8) is 0 Å². The Kier molecular flexibility index (Phi) is 4.15. The molecule has 0 unspecified atom stereocenters. The fraction of sp³-hybridized carbons (Fsp3) is 0.929. The van der Waals surface area contributed by atoms with Crippen LogP contribution in [0.25, 0.3) is 0 Å². The highest BCUT2D eigenvalue weighted by Gasteiger charge is 2.29. The highest BCUT2D eigenvalue weighted by atomic mass is 16.6. The van der Waals surface area contributed by atoms with Crippen LogP contribution in [0.1, 0.15) is 40.0 Å². The monoisotopic (exact) mass is 255 g/mol. The first-order valence-corrected chi connectivity index (χ1v) is 7.00. The minimum absolute atomic E-state index is 0.159. The highest BCUT2D eigenvalue weighted by molar-refractivity contribution is 5.68. The number of carbonyl (C=O) groups excluding carboxylic acids is 1. The van der Waals surface area contributed by atoms with Gasteiger partial charge in [-0.1, -0.05) is 0 Å². The molecule has 104 valence electrons. The maximum absolute atomic E-state index is 11.9. The molecule has 0 aromatic heterocycles. The lowest BCUT2D eigenvalue weighted by Gasteiger charge is -2.36. The Labute approximate surface area is 110 Å². The molecule has 0 spiro atoms. The molecule has 18 heavy (non-hydrogen) atoms. The van der Waals surface area contributed by atoms with Crippen LogP contribution in [0.15, 0.2) is 0 Å². The number of amides is 1. The first kappa shape index (κ1) is 13.7. The van der Waals surface area contributed by atoms with E-state index >= 15 is 0 Å². The van der Waals surface area contributed by atoms with E-state index in [0.29, 0.717) is 0 Å². The van der Waals surface area contributed by atoms with Crippen molar-refractivity contribution in [1.29, 1.82) is 0 Å². The summed E-state index contributed by atoms with van der Waals surface area (Å²) in [6.07, 6.45) is 3.32. The molecule has 0 aliphatic carbocycles. The van der Waals surface area contributed by atoms with Gasteiger partial charge in [0.2, 0.25) is 0 Å². The highest BCUT2D eigenvalue weighted by Crippen LogP contribution is 2.28. The summed E-state index contributed by atoms with van der Waals surface area (Å²) in [6, 6.07) is 0. The molecular formula is C14H25NO3. The molecule has 0 atom stereocenters. The third kappa shape index (κ3) is 3.87. The number of hydrogen-bond acceptors (Lipinski definition) is 3. The zero-order valence-corrected chi connectivity index (χ0v) is 11.8. The van der Waals surface area contributed by atoms with Crippen molar-refractivity contribution < 1.29 is 14.3 Å². The van der Waals surface area contributed by atoms with Gasteiger partial charge in [0.15, 0.2) is 0 Å². The number of nitrogens with zero attached hydrogens (tertiary/aromatic N) is 1. The van der Waals surface area contributed by atoms with E-state index < -0.39 is 5.60 Å². The van der Waals surface area contributed by atoms with Crippen molar-refractivity contribution >= 4 is 6.09 Å². The molecule has 2 saturated heterocycles. The lowest BCUT2D eigenvalue weighted by molar-refractivity contribution is -0.0468. The molecule has 0 saturated carbocycles. The Morgan fingerprint density at radius 3 is 2.28 bits per heavy atom. The van der Waals surface area contributed by atoms with E-state index in [4.69, 9.17) is 9.47 Å². The van der Waals surface area contributed by atoms with E-state index in [1.165, 1.54) is 6.42 Å². The van der Waals surface area contributed by atoms with Crippen LogP contribution in [0.5, 0.6) is 0 Å². The maximum atomic E-state index is 11.9. The second-order valence-electron chi connectivity index (χ2n) is 6.55. The van der Waals surface area contributed by atoms with Gasteiger partial charge in [-0.05, 0) is 46.0 Å². The Morgan fingerprint density at radius 2 is 1.83 bits per heavy atom. The van der Waals surface area contributed by atoms with E-state index in [0.717, 1.165) is 51.0 Å². The van der Waals surface area contributed by atoms with Crippen molar-refractivity contribution in [1.82, 2.24) is 4.90 Å². The molecular weight excluding hydrogens is 230 g/mol. The largest absolute Gasteiger partial charge is 0.444 e. The summed E-state index contributed by atoms with van der Waals surface area (Å²) >= 11 is 0. The minimum atomic E-state index is -0.392. The van der Waals surface area contributed by atoms with Crippen molar-refractivity contribution in [3.05, 3.63) is 0 Å². The van der Waals surface area contributed by atoms with Crippen LogP contribution in [0.4, 0.5) is 4.79 Å². The maximum Gasteiger partial charge on any atom is 0.410 e. The fourth-order valence-electron chi connectivity index (χ4n) is 2.57. The smallest absolute Gasteiger partial charge is 0.410 e.